The van der Waals surface area contributed by atoms with Crippen LogP contribution in [0.3, 0.4) is 0 Å². The number of thiophene rings is 1. The number of nitrogens with zero attached hydrogens (tertiary/aromatic N) is 3. The molecule has 2 aromatic rings. The van der Waals surface area contributed by atoms with Gasteiger partial charge in [-0.05, 0) is 39.1 Å². The quantitative estimate of drug-likeness (QED) is 0.846. The molecule has 0 radical (unpaired) electrons. The minimum atomic E-state index is -0.156. The molecule has 7 heteroatoms. The molecule has 1 aliphatic heterocycles. The molecule has 1 aliphatic rings. The first-order chi connectivity index (χ1) is 12.5. The average molecular weight is 374 g/mol. The predicted octanol–water partition coefficient (Wildman–Crippen LogP) is 2.76. The Morgan fingerprint density at radius 3 is 2.73 bits per heavy atom. The Kier molecular flexibility index (Phi) is 6.11. The number of aromatic nitrogens is 1. The summed E-state index contributed by atoms with van der Waals surface area (Å²) in [5.74, 6) is 0.975. The number of piperazine rings is 1. The number of rotatable bonds is 5. The van der Waals surface area contributed by atoms with Crippen molar-refractivity contribution in [3.63, 3.8) is 0 Å². The summed E-state index contributed by atoms with van der Waals surface area (Å²) in [7, 11) is 2.14. The number of urea groups is 1. The van der Waals surface area contributed by atoms with E-state index in [1.54, 1.807) is 11.3 Å². The highest BCUT2D eigenvalue weighted by molar-refractivity contribution is 7.12. The zero-order valence-electron chi connectivity index (χ0n) is 15.7. The van der Waals surface area contributed by atoms with Crippen LogP contribution in [0, 0.1) is 6.92 Å². The molecule has 1 fully saturated rings. The first kappa shape index (κ1) is 18.7. The molecule has 0 spiro atoms. The van der Waals surface area contributed by atoms with Crippen LogP contribution in [0.25, 0.3) is 0 Å². The molecule has 1 saturated heterocycles. The lowest BCUT2D eigenvalue weighted by molar-refractivity contribution is 0.237. The summed E-state index contributed by atoms with van der Waals surface area (Å²) >= 11 is 1.71. The molecule has 1 atom stereocenters. The van der Waals surface area contributed by atoms with Gasteiger partial charge in [-0.15, -0.1) is 11.3 Å². The number of nitrogens with one attached hydrogen (secondary N) is 2. The van der Waals surface area contributed by atoms with Crippen LogP contribution in [-0.2, 0) is 6.54 Å². The molecule has 0 aliphatic carbocycles. The van der Waals surface area contributed by atoms with Crippen LogP contribution in [0.5, 0.6) is 0 Å². The number of hydrogen-bond donors (Lipinski definition) is 2. The van der Waals surface area contributed by atoms with E-state index in [4.69, 9.17) is 0 Å². The first-order valence-electron chi connectivity index (χ1n) is 9.01. The number of likely N-dealkylation sites (N-methyl/N-ethyl adjacent to an activating group) is 1. The van der Waals surface area contributed by atoms with E-state index in [2.05, 4.69) is 51.5 Å². The van der Waals surface area contributed by atoms with Gasteiger partial charge < -0.3 is 20.4 Å². The Morgan fingerprint density at radius 1 is 1.27 bits per heavy atom. The summed E-state index contributed by atoms with van der Waals surface area (Å²) in [6.07, 6.45) is 1.82. The van der Waals surface area contributed by atoms with Gasteiger partial charge in [-0.3, -0.25) is 0 Å². The van der Waals surface area contributed by atoms with Crippen molar-refractivity contribution < 1.29 is 4.79 Å². The van der Waals surface area contributed by atoms with E-state index in [0.717, 1.165) is 42.4 Å². The molecule has 140 valence electrons. The van der Waals surface area contributed by atoms with Gasteiger partial charge in [0.05, 0.1) is 6.04 Å². The summed E-state index contributed by atoms with van der Waals surface area (Å²) in [4.78, 5) is 23.9. The molecule has 0 aromatic carbocycles. The highest BCUT2D eigenvalue weighted by Crippen LogP contribution is 2.22. The van der Waals surface area contributed by atoms with Gasteiger partial charge in [0.15, 0.2) is 0 Å². The normalized spacial score (nSPS) is 16.3. The fourth-order valence-corrected chi connectivity index (χ4v) is 3.93. The number of amides is 2. The first-order valence-corrected chi connectivity index (χ1v) is 9.82. The van der Waals surface area contributed by atoms with Gasteiger partial charge in [0, 0.05) is 54.2 Å². The molecular weight excluding hydrogens is 346 g/mol. The van der Waals surface area contributed by atoms with Gasteiger partial charge in [-0.1, -0.05) is 6.07 Å². The fourth-order valence-electron chi connectivity index (χ4n) is 3.05. The Balaban J connectivity index is 1.56. The smallest absolute Gasteiger partial charge is 0.315 e. The van der Waals surface area contributed by atoms with Gasteiger partial charge in [0.25, 0.3) is 0 Å². The number of carbonyl (C=O) groups excluding carboxylic acids is 1. The van der Waals surface area contributed by atoms with Crippen molar-refractivity contribution in [2.75, 3.05) is 38.1 Å². The van der Waals surface area contributed by atoms with Crippen LogP contribution in [0.15, 0.2) is 30.5 Å². The van der Waals surface area contributed by atoms with Crippen LogP contribution in [0.4, 0.5) is 10.6 Å². The Morgan fingerprint density at radius 2 is 2.04 bits per heavy atom. The van der Waals surface area contributed by atoms with Crippen molar-refractivity contribution in [1.82, 2.24) is 20.5 Å². The standard InChI is InChI=1S/C19H27N5OS/c1-14-6-7-17(26-14)15(2)22-19(25)21-13-16-5-4-8-20-18(16)24-11-9-23(3)10-12-24/h4-8,15H,9-13H2,1-3H3,(H2,21,22,25). The number of pyridine rings is 1. The molecule has 1 unspecified atom stereocenters. The number of anilines is 1. The van der Waals surface area contributed by atoms with Crippen molar-refractivity contribution in [3.8, 4) is 0 Å². The Bertz CT molecular complexity index is 739. The summed E-state index contributed by atoms with van der Waals surface area (Å²) in [6.45, 7) is 8.53. The highest BCUT2D eigenvalue weighted by Gasteiger charge is 2.18. The van der Waals surface area contributed by atoms with Gasteiger partial charge in [-0.2, -0.15) is 0 Å². The molecule has 0 saturated carbocycles. The summed E-state index contributed by atoms with van der Waals surface area (Å²) in [5.41, 5.74) is 1.05. The lowest BCUT2D eigenvalue weighted by atomic mass is 10.2. The second-order valence-electron chi connectivity index (χ2n) is 6.77. The maximum Gasteiger partial charge on any atom is 0.315 e. The van der Waals surface area contributed by atoms with Crippen LogP contribution in [0.2, 0.25) is 0 Å². The van der Waals surface area contributed by atoms with Crippen molar-refractivity contribution in [1.29, 1.82) is 0 Å². The third kappa shape index (κ3) is 4.74. The molecule has 2 aromatic heterocycles. The second kappa shape index (κ2) is 8.51. The molecule has 3 heterocycles. The van der Waals surface area contributed by atoms with Crippen LogP contribution < -0.4 is 15.5 Å². The van der Waals surface area contributed by atoms with E-state index in [0.29, 0.717) is 6.54 Å². The van der Waals surface area contributed by atoms with Crippen molar-refractivity contribution in [3.05, 3.63) is 45.8 Å². The third-order valence-electron chi connectivity index (χ3n) is 4.65. The molecule has 6 nitrogen and oxygen atoms in total. The zero-order chi connectivity index (χ0) is 18.5. The predicted molar refractivity (Wildman–Crippen MR) is 107 cm³/mol. The average Bonchev–Trinajstić information content (AvgIpc) is 3.07. The minimum Gasteiger partial charge on any atom is -0.354 e. The lowest BCUT2D eigenvalue weighted by Crippen LogP contribution is -2.45. The number of aryl methyl sites for hydroxylation is 1. The summed E-state index contributed by atoms with van der Waals surface area (Å²) in [6, 6.07) is 7.95. The van der Waals surface area contributed by atoms with Crippen molar-refractivity contribution in [2.45, 2.75) is 26.4 Å². The Labute approximate surface area is 159 Å². The van der Waals surface area contributed by atoms with E-state index >= 15 is 0 Å². The summed E-state index contributed by atoms with van der Waals surface area (Å²) in [5, 5.41) is 5.98. The molecule has 2 amide bonds. The van der Waals surface area contributed by atoms with Gasteiger partial charge >= 0.3 is 6.03 Å². The van der Waals surface area contributed by atoms with E-state index in [9.17, 15) is 4.79 Å². The zero-order valence-corrected chi connectivity index (χ0v) is 16.5. The van der Waals surface area contributed by atoms with Crippen molar-refractivity contribution >= 4 is 23.2 Å². The second-order valence-corrected chi connectivity index (χ2v) is 8.09. The van der Waals surface area contributed by atoms with Gasteiger partial charge in [-0.25, -0.2) is 9.78 Å². The SMILES string of the molecule is Cc1ccc(C(C)NC(=O)NCc2cccnc2N2CCN(C)CC2)s1. The maximum absolute atomic E-state index is 12.3. The molecule has 3 rings (SSSR count). The lowest BCUT2D eigenvalue weighted by Gasteiger charge is -2.34. The van der Waals surface area contributed by atoms with Crippen LogP contribution >= 0.6 is 11.3 Å². The minimum absolute atomic E-state index is 0.000277. The molecule has 26 heavy (non-hydrogen) atoms. The van der Waals surface area contributed by atoms with Crippen LogP contribution in [0.1, 0.15) is 28.3 Å². The van der Waals surface area contributed by atoms with E-state index in [-0.39, 0.29) is 12.1 Å². The van der Waals surface area contributed by atoms with E-state index in [1.807, 2.05) is 25.3 Å². The molecule has 2 N–H and O–H groups in total. The van der Waals surface area contributed by atoms with E-state index < -0.39 is 0 Å². The monoisotopic (exact) mass is 373 g/mol. The highest BCUT2D eigenvalue weighted by atomic mass is 32.1. The van der Waals surface area contributed by atoms with E-state index in [1.165, 1.54) is 4.88 Å². The maximum atomic E-state index is 12.3. The largest absolute Gasteiger partial charge is 0.354 e. The Hall–Kier alpha value is -2.12. The topological polar surface area (TPSA) is 60.5 Å². The number of carbonyl (C=O) groups is 1. The third-order valence-corrected chi connectivity index (χ3v) is 5.83. The van der Waals surface area contributed by atoms with Crippen LogP contribution in [-0.4, -0.2) is 49.1 Å². The molecular formula is C19H27N5OS. The molecule has 0 bridgehead atoms. The number of hydrogen-bond acceptors (Lipinski definition) is 5. The fraction of sp³-hybridized carbons (Fsp3) is 0.474. The van der Waals surface area contributed by atoms with Crippen molar-refractivity contribution in [2.24, 2.45) is 0 Å². The van der Waals surface area contributed by atoms with Gasteiger partial charge in [0.2, 0.25) is 0 Å². The summed E-state index contributed by atoms with van der Waals surface area (Å²) < 4.78 is 0. The van der Waals surface area contributed by atoms with Gasteiger partial charge in [0.1, 0.15) is 5.82 Å².